The summed E-state index contributed by atoms with van der Waals surface area (Å²) in [6.07, 6.45) is 2.28. The summed E-state index contributed by atoms with van der Waals surface area (Å²) in [5, 5.41) is 11.4. The maximum absolute atomic E-state index is 14.1. The molecule has 0 N–H and O–H groups in total. The average molecular weight is 625 g/mol. The normalized spacial score (nSPS) is 19.4. The van der Waals surface area contributed by atoms with Crippen LogP contribution in [0.2, 0.25) is 5.02 Å². The zero-order valence-corrected chi connectivity index (χ0v) is 26.8. The van der Waals surface area contributed by atoms with Crippen LogP contribution in [0.3, 0.4) is 0 Å². The second-order valence-electron chi connectivity index (χ2n) is 14.0. The molecule has 3 aromatic rings. The predicted molar refractivity (Wildman–Crippen MR) is 174 cm³/mol. The van der Waals surface area contributed by atoms with E-state index in [1.807, 2.05) is 30.3 Å². The number of ether oxygens (including phenoxy) is 1. The molecule has 0 spiro atoms. The van der Waals surface area contributed by atoms with Gasteiger partial charge in [-0.1, -0.05) is 75.7 Å². The van der Waals surface area contributed by atoms with Gasteiger partial charge in [0.25, 0.3) is 5.69 Å². The van der Waals surface area contributed by atoms with Crippen molar-refractivity contribution in [2.45, 2.75) is 72.4 Å². The van der Waals surface area contributed by atoms with Gasteiger partial charge in [0.05, 0.1) is 9.95 Å². The van der Waals surface area contributed by atoms with Crippen LogP contribution in [-0.4, -0.2) is 21.4 Å². The van der Waals surface area contributed by atoms with Gasteiger partial charge in [0.1, 0.15) is 12.4 Å². The summed E-state index contributed by atoms with van der Waals surface area (Å²) in [6.45, 7) is 9.32. The van der Waals surface area contributed by atoms with Crippen LogP contribution in [0.4, 0.5) is 5.69 Å². The van der Waals surface area contributed by atoms with Gasteiger partial charge in [-0.15, -0.1) is 0 Å². The SMILES string of the molecule is CC1(C)CC(=O)C2=C(C1)N(Cc1ccccc1)C1=C(C(=O)CC(C)(C)C1)C2c1ccc(OCc2ccc([N+](=O)[O-])cc2)c(Cl)c1. The summed E-state index contributed by atoms with van der Waals surface area (Å²) < 4.78 is 5.99. The van der Waals surface area contributed by atoms with E-state index in [9.17, 15) is 19.7 Å². The third-order valence-corrected chi connectivity index (χ3v) is 9.33. The lowest BCUT2D eigenvalue weighted by atomic mass is 9.63. The Morgan fingerprint density at radius 1 is 0.822 bits per heavy atom. The number of non-ortho nitro benzene ring substituents is 1. The van der Waals surface area contributed by atoms with Crippen LogP contribution in [-0.2, 0) is 22.7 Å². The van der Waals surface area contributed by atoms with Gasteiger partial charge < -0.3 is 9.64 Å². The van der Waals surface area contributed by atoms with Crippen LogP contribution >= 0.6 is 11.6 Å². The van der Waals surface area contributed by atoms with Crippen molar-refractivity contribution in [3.05, 3.63) is 127 Å². The molecule has 0 radical (unpaired) electrons. The summed E-state index contributed by atoms with van der Waals surface area (Å²) in [5.41, 5.74) is 5.68. The van der Waals surface area contributed by atoms with Gasteiger partial charge in [-0.2, -0.15) is 0 Å². The van der Waals surface area contributed by atoms with Gasteiger partial charge in [0.2, 0.25) is 0 Å². The number of nitro benzene ring substituents is 1. The van der Waals surface area contributed by atoms with Gasteiger partial charge in [0.15, 0.2) is 11.6 Å². The zero-order chi connectivity index (χ0) is 32.1. The maximum atomic E-state index is 14.1. The van der Waals surface area contributed by atoms with Crippen molar-refractivity contribution in [3.63, 3.8) is 0 Å². The molecule has 0 atom stereocenters. The van der Waals surface area contributed by atoms with Gasteiger partial charge >= 0.3 is 0 Å². The molecule has 2 aliphatic carbocycles. The first-order valence-electron chi connectivity index (χ1n) is 15.3. The van der Waals surface area contributed by atoms with Crippen LogP contribution in [0, 0.1) is 20.9 Å². The van der Waals surface area contributed by atoms with Gasteiger partial charge in [-0.05, 0) is 64.6 Å². The number of hydrogen-bond donors (Lipinski definition) is 0. The number of benzene rings is 3. The van der Waals surface area contributed by atoms with E-state index < -0.39 is 10.8 Å². The Morgan fingerprint density at radius 2 is 1.40 bits per heavy atom. The first kappa shape index (κ1) is 30.8. The molecule has 0 amide bonds. The molecular formula is C37H37ClN2O5. The summed E-state index contributed by atoms with van der Waals surface area (Å²) in [6, 6.07) is 21.9. The Hall–Kier alpha value is -4.23. The summed E-state index contributed by atoms with van der Waals surface area (Å²) >= 11 is 6.80. The molecule has 1 heterocycles. The molecule has 0 saturated heterocycles. The van der Waals surface area contributed by atoms with Crippen molar-refractivity contribution in [3.8, 4) is 5.75 Å². The molecule has 7 nitrogen and oxygen atoms in total. The number of hydrogen-bond acceptors (Lipinski definition) is 6. The molecule has 45 heavy (non-hydrogen) atoms. The minimum atomic E-state index is -0.504. The van der Waals surface area contributed by atoms with Gasteiger partial charge in [0, 0.05) is 60.0 Å². The smallest absolute Gasteiger partial charge is 0.269 e. The lowest BCUT2D eigenvalue weighted by Crippen LogP contribution is -2.44. The quantitative estimate of drug-likeness (QED) is 0.193. The van der Waals surface area contributed by atoms with Crippen molar-refractivity contribution >= 4 is 28.9 Å². The van der Waals surface area contributed by atoms with Gasteiger partial charge in [-0.3, -0.25) is 19.7 Å². The van der Waals surface area contributed by atoms with Crippen molar-refractivity contribution in [1.82, 2.24) is 4.90 Å². The van der Waals surface area contributed by atoms with Crippen LogP contribution in [0.1, 0.15) is 76.0 Å². The fraction of sp³-hybridized carbons (Fsp3) is 0.351. The highest BCUT2D eigenvalue weighted by molar-refractivity contribution is 6.32. The number of allylic oxidation sites excluding steroid dienone is 4. The minimum absolute atomic E-state index is 0.0135. The van der Waals surface area contributed by atoms with Crippen molar-refractivity contribution in [2.75, 3.05) is 0 Å². The Balaban J connectivity index is 1.41. The number of rotatable bonds is 7. The fourth-order valence-corrected chi connectivity index (χ4v) is 7.27. The number of ketones is 2. The molecule has 3 aromatic carbocycles. The molecule has 1 aliphatic heterocycles. The fourth-order valence-electron chi connectivity index (χ4n) is 7.03. The number of carbonyl (C=O) groups excluding carboxylic acids is 2. The largest absolute Gasteiger partial charge is 0.487 e. The Labute approximate surface area is 268 Å². The van der Waals surface area contributed by atoms with E-state index in [2.05, 4.69) is 44.7 Å². The monoisotopic (exact) mass is 624 g/mol. The number of nitrogens with zero attached hydrogens (tertiary/aromatic N) is 2. The summed E-state index contributed by atoms with van der Waals surface area (Å²) in [5.74, 6) is 0.0950. The number of nitro groups is 1. The molecule has 0 unspecified atom stereocenters. The highest BCUT2D eigenvalue weighted by Gasteiger charge is 2.49. The first-order chi connectivity index (χ1) is 21.3. The molecule has 232 valence electrons. The molecule has 6 rings (SSSR count). The number of carbonyl (C=O) groups is 2. The van der Waals surface area contributed by atoms with Crippen molar-refractivity contribution in [2.24, 2.45) is 10.8 Å². The van der Waals surface area contributed by atoms with E-state index in [4.69, 9.17) is 16.3 Å². The second-order valence-corrected chi connectivity index (χ2v) is 14.4. The Kier molecular flexibility index (Phi) is 7.94. The van der Waals surface area contributed by atoms with E-state index >= 15 is 0 Å². The van der Waals surface area contributed by atoms with E-state index in [0.29, 0.717) is 41.3 Å². The Morgan fingerprint density at radius 3 is 1.93 bits per heavy atom. The molecule has 0 saturated carbocycles. The topological polar surface area (TPSA) is 89.8 Å². The molecular weight excluding hydrogens is 588 g/mol. The van der Waals surface area contributed by atoms with Crippen LogP contribution in [0.5, 0.6) is 5.75 Å². The minimum Gasteiger partial charge on any atom is -0.487 e. The third kappa shape index (κ3) is 6.19. The van der Waals surface area contributed by atoms with Crippen LogP contribution in [0.25, 0.3) is 0 Å². The lowest BCUT2D eigenvalue weighted by molar-refractivity contribution is -0.384. The Bertz CT molecular complexity index is 1700. The third-order valence-electron chi connectivity index (χ3n) is 9.04. The average Bonchev–Trinajstić information content (AvgIpc) is 2.97. The van der Waals surface area contributed by atoms with E-state index in [1.165, 1.54) is 12.1 Å². The standard InChI is InChI=1S/C37H37ClN2O5/c1-36(2)17-28-34(30(41)19-36)33(25-12-15-32(27(38)16-25)45-22-24-10-13-26(14-11-24)40(43)44)35-29(18-37(3,4)20-31(35)42)39(28)21-23-8-6-5-7-9-23/h5-16,33H,17-22H2,1-4H3. The van der Waals surface area contributed by atoms with Gasteiger partial charge in [-0.25, -0.2) is 0 Å². The highest BCUT2D eigenvalue weighted by Crippen LogP contribution is 2.55. The van der Waals surface area contributed by atoms with Crippen molar-refractivity contribution in [1.29, 1.82) is 0 Å². The molecule has 0 aromatic heterocycles. The van der Waals surface area contributed by atoms with E-state index in [0.717, 1.165) is 40.9 Å². The number of halogens is 1. The summed E-state index contributed by atoms with van der Waals surface area (Å²) in [4.78, 5) is 41.0. The van der Waals surface area contributed by atoms with Crippen LogP contribution < -0.4 is 4.74 Å². The second kappa shape index (κ2) is 11.6. The van der Waals surface area contributed by atoms with Crippen molar-refractivity contribution < 1.29 is 19.2 Å². The molecule has 0 bridgehead atoms. The molecule has 3 aliphatic rings. The lowest BCUT2D eigenvalue weighted by Gasteiger charge is -2.49. The summed E-state index contributed by atoms with van der Waals surface area (Å²) in [7, 11) is 0. The van der Waals surface area contributed by atoms with Crippen LogP contribution in [0.15, 0.2) is 95.3 Å². The van der Waals surface area contributed by atoms with E-state index in [1.54, 1.807) is 18.2 Å². The predicted octanol–water partition coefficient (Wildman–Crippen LogP) is 8.71. The zero-order valence-electron chi connectivity index (χ0n) is 26.1. The molecule has 8 heteroatoms. The maximum Gasteiger partial charge on any atom is 0.269 e. The number of Topliss-reactive ketones (excluding diaryl/α,β-unsaturated/α-hetero) is 2. The molecule has 0 fully saturated rings. The van der Waals surface area contributed by atoms with E-state index in [-0.39, 0.29) is 34.7 Å². The first-order valence-corrected chi connectivity index (χ1v) is 15.7. The highest BCUT2D eigenvalue weighted by atomic mass is 35.5.